The molecule has 1 fully saturated rings. The van der Waals surface area contributed by atoms with Gasteiger partial charge in [0.15, 0.2) is 0 Å². The van der Waals surface area contributed by atoms with Gasteiger partial charge < -0.3 is 5.32 Å². The Morgan fingerprint density at radius 3 is 2.76 bits per heavy atom. The summed E-state index contributed by atoms with van der Waals surface area (Å²) in [7, 11) is 2.06. The molecule has 1 saturated carbocycles. The Hall–Kier alpha value is -1.35. The molecule has 2 unspecified atom stereocenters. The molecule has 3 nitrogen and oxygen atoms in total. The van der Waals surface area contributed by atoms with E-state index in [0.717, 1.165) is 24.8 Å². The number of aromatic nitrogens is 2. The van der Waals surface area contributed by atoms with Crippen LogP contribution in [0.3, 0.4) is 0 Å². The topological polar surface area (TPSA) is 29.9 Å². The number of nitrogens with zero attached hydrogens (tertiary/aromatic N) is 2. The molecule has 0 spiro atoms. The molecule has 0 aliphatic heterocycles. The van der Waals surface area contributed by atoms with Gasteiger partial charge in [0.1, 0.15) is 0 Å². The second-order valence-corrected chi connectivity index (χ2v) is 6.40. The van der Waals surface area contributed by atoms with Crippen molar-refractivity contribution in [2.45, 2.75) is 39.0 Å². The van der Waals surface area contributed by atoms with Crippen LogP contribution in [0.4, 0.5) is 0 Å². The number of rotatable bonds is 5. The van der Waals surface area contributed by atoms with E-state index in [4.69, 9.17) is 5.10 Å². The first-order valence-corrected chi connectivity index (χ1v) is 8.41. The molecule has 1 aliphatic rings. The van der Waals surface area contributed by atoms with Crippen molar-refractivity contribution < 1.29 is 0 Å². The third-order valence-corrected chi connectivity index (χ3v) is 5.01. The summed E-state index contributed by atoms with van der Waals surface area (Å²) in [5.74, 6) is 1.61. The van der Waals surface area contributed by atoms with Gasteiger partial charge in [-0.15, -0.1) is 0 Å². The first kappa shape index (κ1) is 14.6. The number of hydrogen-bond acceptors (Lipinski definition) is 2. The highest BCUT2D eigenvalue weighted by Gasteiger charge is 2.26. The molecule has 2 atom stereocenters. The van der Waals surface area contributed by atoms with Crippen LogP contribution in [-0.2, 0) is 13.5 Å². The normalized spacial score (nSPS) is 22.8. The maximum atomic E-state index is 4.79. The van der Waals surface area contributed by atoms with Crippen molar-refractivity contribution in [1.82, 2.24) is 15.1 Å². The predicted octanol–water partition coefficient (Wildman–Crippen LogP) is 3.53. The molecule has 21 heavy (non-hydrogen) atoms. The summed E-state index contributed by atoms with van der Waals surface area (Å²) < 4.78 is 2.03. The summed E-state index contributed by atoms with van der Waals surface area (Å²) in [4.78, 5) is 0. The lowest BCUT2D eigenvalue weighted by molar-refractivity contribution is 0.228. The van der Waals surface area contributed by atoms with E-state index in [2.05, 4.69) is 43.6 Å². The smallest absolute Gasteiger partial charge is 0.0706 e. The van der Waals surface area contributed by atoms with Crippen LogP contribution in [0.2, 0.25) is 0 Å². The molecule has 1 heterocycles. The molecule has 1 aromatic heterocycles. The maximum absolute atomic E-state index is 4.79. The van der Waals surface area contributed by atoms with Gasteiger partial charge in [-0.25, -0.2) is 0 Å². The molecule has 3 heteroatoms. The zero-order chi connectivity index (χ0) is 14.7. The SMILES string of the molecule is CCNCC1CCCCC1Cc1nn(C)c2ccccc12. The van der Waals surface area contributed by atoms with E-state index in [0.29, 0.717) is 0 Å². The summed E-state index contributed by atoms with van der Waals surface area (Å²) in [6.07, 6.45) is 6.66. The first-order valence-electron chi connectivity index (χ1n) is 8.41. The molecular formula is C18H27N3. The van der Waals surface area contributed by atoms with Crippen molar-refractivity contribution in [2.75, 3.05) is 13.1 Å². The van der Waals surface area contributed by atoms with Crippen LogP contribution < -0.4 is 5.32 Å². The molecular weight excluding hydrogens is 258 g/mol. The van der Waals surface area contributed by atoms with Crippen LogP contribution in [0.1, 0.15) is 38.3 Å². The minimum absolute atomic E-state index is 0.788. The molecule has 114 valence electrons. The molecule has 0 amide bonds. The average Bonchev–Trinajstić information content (AvgIpc) is 2.83. The Morgan fingerprint density at radius 1 is 1.19 bits per heavy atom. The summed E-state index contributed by atoms with van der Waals surface area (Å²) in [6, 6.07) is 8.62. The number of fused-ring (bicyclic) bond motifs is 1. The zero-order valence-corrected chi connectivity index (χ0v) is 13.3. The van der Waals surface area contributed by atoms with Crippen LogP contribution in [0.15, 0.2) is 24.3 Å². The van der Waals surface area contributed by atoms with E-state index in [1.165, 1.54) is 48.8 Å². The molecule has 0 radical (unpaired) electrons. The van der Waals surface area contributed by atoms with E-state index in [-0.39, 0.29) is 0 Å². The Kier molecular flexibility index (Phi) is 4.59. The number of para-hydroxylation sites is 1. The standard InChI is InChI=1S/C18H27N3/c1-3-19-13-15-9-5-4-8-14(15)12-17-16-10-6-7-11-18(16)21(2)20-17/h6-7,10-11,14-15,19H,3-5,8-9,12-13H2,1-2H3. The molecule has 1 N–H and O–H groups in total. The van der Waals surface area contributed by atoms with Gasteiger partial charge in [0, 0.05) is 12.4 Å². The van der Waals surface area contributed by atoms with Crippen molar-refractivity contribution in [3.05, 3.63) is 30.0 Å². The van der Waals surface area contributed by atoms with E-state index >= 15 is 0 Å². The number of hydrogen-bond donors (Lipinski definition) is 1. The third kappa shape index (κ3) is 3.13. The van der Waals surface area contributed by atoms with E-state index < -0.39 is 0 Å². The first-order chi connectivity index (χ1) is 10.3. The monoisotopic (exact) mass is 285 g/mol. The lowest BCUT2D eigenvalue weighted by atomic mass is 9.76. The van der Waals surface area contributed by atoms with Gasteiger partial charge in [0.05, 0.1) is 11.2 Å². The average molecular weight is 285 g/mol. The van der Waals surface area contributed by atoms with Crippen molar-refractivity contribution in [3.8, 4) is 0 Å². The molecule has 1 aromatic carbocycles. The second-order valence-electron chi connectivity index (χ2n) is 6.40. The molecule has 0 bridgehead atoms. The van der Waals surface area contributed by atoms with Crippen molar-refractivity contribution >= 4 is 10.9 Å². The van der Waals surface area contributed by atoms with E-state index in [9.17, 15) is 0 Å². The van der Waals surface area contributed by atoms with Gasteiger partial charge in [-0.05, 0) is 50.3 Å². The summed E-state index contributed by atoms with van der Waals surface area (Å²) in [5, 5.41) is 9.69. The summed E-state index contributed by atoms with van der Waals surface area (Å²) >= 11 is 0. The Morgan fingerprint density at radius 2 is 1.95 bits per heavy atom. The molecule has 2 aromatic rings. The van der Waals surface area contributed by atoms with Crippen molar-refractivity contribution in [2.24, 2.45) is 18.9 Å². The minimum atomic E-state index is 0.788. The van der Waals surface area contributed by atoms with Crippen LogP contribution in [0.25, 0.3) is 10.9 Å². The van der Waals surface area contributed by atoms with Crippen LogP contribution in [0.5, 0.6) is 0 Å². The number of nitrogens with one attached hydrogen (secondary N) is 1. The molecule has 0 saturated heterocycles. The predicted molar refractivity (Wildman–Crippen MR) is 88.4 cm³/mol. The van der Waals surface area contributed by atoms with E-state index in [1.54, 1.807) is 0 Å². The molecule has 1 aliphatic carbocycles. The van der Waals surface area contributed by atoms with Crippen molar-refractivity contribution in [3.63, 3.8) is 0 Å². The highest BCUT2D eigenvalue weighted by Crippen LogP contribution is 2.33. The van der Waals surface area contributed by atoms with Gasteiger partial charge in [-0.2, -0.15) is 5.10 Å². The maximum Gasteiger partial charge on any atom is 0.0706 e. The minimum Gasteiger partial charge on any atom is -0.317 e. The summed E-state index contributed by atoms with van der Waals surface area (Å²) in [5.41, 5.74) is 2.55. The van der Waals surface area contributed by atoms with Gasteiger partial charge in [-0.1, -0.05) is 38.0 Å². The van der Waals surface area contributed by atoms with Crippen molar-refractivity contribution in [1.29, 1.82) is 0 Å². The highest BCUT2D eigenvalue weighted by atomic mass is 15.3. The lowest BCUT2D eigenvalue weighted by Crippen LogP contribution is -2.31. The Labute approximate surface area is 127 Å². The van der Waals surface area contributed by atoms with Crippen LogP contribution in [-0.4, -0.2) is 22.9 Å². The van der Waals surface area contributed by atoms with Crippen LogP contribution in [0, 0.1) is 11.8 Å². The number of aryl methyl sites for hydroxylation is 1. The van der Waals surface area contributed by atoms with Gasteiger partial charge in [0.25, 0.3) is 0 Å². The fourth-order valence-corrected chi connectivity index (χ4v) is 3.84. The van der Waals surface area contributed by atoms with Gasteiger partial charge in [-0.3, -0.25) is 4.68 Å². The van der Waals surface area contributed by atoms with E-state index in [1.807, 2.05) is 4.68 Å². The quantitative estimate of drug-likeness (QED) is 0.910. The van der Waals surface area contributed by atoms with Crippen LogP contribution >= 0.6 is 0 Å². The molecule has 3 rings (SSSR count). The second kappa shape index (κ2) is 6.61. The fraction of sp³-hybridized carbons (Fsp3) is 0.611. The zero-order valence-electron chi connectivity index (χ0n) is 13.3. The Balaban J connectivity index is 1.79. The highest BCUT2D eigenvalue weighted by molar-refractivity contribution is 5.81. The summed E-state index contributed by atoms with van der Waals surface area (Å²) in [6.45, 7) is 4.45. The lowest BCUT2D eigenvalue weighted by Gasteiger charge is -2.31. The number of benzene rings is 1. The largest absolute Gasteiger partial charge is 0.317 e. The third-order valence-electron chi connectivity index (χ3n) is 5.01. The Bertz CT molecular complexity index is 587. The van der Waals surface area contributed by atoms with Gasteiger partial charge >= 0.3 is 0 Å². The van der Waals surface area contributed by atoms with Gasteiger partial charge in [0.2, 0.25) is 0 Å². The fourth-order valence-electron chi connectivity index (χ4n) is 3.84.